The molecule has 0 amide bonds. The molecule has 0 aliphatic rings. The van der Waals surface area contributed by atoms with Gasteiger partial charge < -0.3 is 4.57 Å². The average molecular weight is 381 g/mol. The number of hydrogen-bond acceptors (Lipinski definition) is 3. The van der Waals surface area contributed by atoms with E-state index in [1.54, 1.807) is 19.1 Å². The first-order valence-corrected chi connectivity index (χ1v) is 8.55. The summed E-state index contributed by atoms with van der Waals surface area (Å²) in [5.41, 5.74) is 0.919. The Morgan fingerprint density at radius 2 is 1.96 bits per heavy atom. The molecule has 28 heavy (non-hydrogen) atoms. The lowest BCUT2D eigenvalue weighted by Crippen LogP contribution is -2.25. The highest BCUT2D eigenvalue weighted by Gasteiger charge is 2.43. The molecule has 0 aliphatic carbocycles. The van der Waals surface area contributed by atoms with Gasteiger partial charge in [-0.3, -0.25) is 0 Å². The van der Waals surface area contributed by atoms with Crippen LogP contribution in [0.5, 0.6) is 0 Å². The second-order valence-corrected chi connectivity index (χ2v) is 6.18. The van der Waals surface area contributed by atoms with Crippen LogP contribution in [-0.2, 0) is 12.5 Å². The zero-order valence-electron chi connectivity index (χ0n) is 14.8. The van der Waals surface area contributed by atoms with E-state index in [1.165, 1.54) is 41.1 Å². The van der Waals surface area contributed by atoms with E-state index in [0.29, 0.717) is 16.6 Å². The largest absolute Gasteiger partial charge is 0.346 e. The highest BCUT2D eigenvalue weighted by Crippen LogP contribution is 2.37. The van der Waals surface area contributed by atoms with Gasteiger partial charge in [0.15, 0.2) is 5.82 Å². The standard InChI is InChI=1S/C20H14F3N5/c1-2-27-17-7-6-13(12-24)10-16(17)26-19(27)20(22,23)18-8-9-25-28(18)15-5-3-4-14(21)11-15/h3-11H,2H2,1H3. The Morgan fingerprint density at radius 1 is 1.14 bits per heavy atom. The van der Waals surface area contributed by atoms with Gasteiger partial charge in [-0.05, 0) is 49.4 Å². The molecular formula is C20H14F3N5. The first-order valence-electron chi connectivity index (χ1n) is 8.55. The minimum Gasteiger partial charge on any atom is -0.323 e. The third-order valence-electron chi connectivity index (χ3n) is 4.49. The van der Waals surface area contributed by atoms with Gasteiger partial charge >= 0.3 is 5.92 Å². The van der Waals surface area contributed by atoms with E-state index in [1.807, 2.05) is 6.07 Å². The molecule has 2 aromatic heterocycles. The zero-order valence-corrected chi connectivity index (χ0v) is 14.8. The maximum atomic E-state index is 15.5. The lowest BCUT2D eigenvalue weighted by Gasteiger charge is -2.19. The number of aromatic nitrogens is 4. The van der Waals surface area contributed by atoms with Crippen molar-refractivity contribution < 1.29 is 13.2 Å². The molecule has 0 atom stereocenters. The summed E-state index contributed by atoms with van der Waals surface area (Å²) in [5, 5.41) is 13.0. The molecule has 0 saturated heterocycles. The zero-order chi connectivity index (χ0) is 19.9. The number of nitriles is 1. The summed E-state index contributed by atoms with van der Waals surface area (Å²) in [7, 11) is 0. The van der Waals surface area contributed by atoms with Crippen molar-refractivity contribution in [2.45, 2.75) is 19.4 Å². The number of benzene rings is 2. The third kappa shape index (κ3) is 2.72. The molecule has 8 heteroatoms. The molecule has 0 N–H and O–H groups in total. The summed E-state index contributed by atoms with van der Waals surface area (Å²) >= 11 is 0. The van der Waals surface area contributed by atoms with Crippen LogP contribution in [0.4, 0.5) is 13.2 Å². The Morgan fingerprint density at radius 3 is 2.68 bits per heavy atom. The molecule has 0 saturated carbocycles. The smallest absolute Gasteiger partial charge is 0.323 e. The summed E-state index contributed by atoms with van der Waals surface area (Å²) < 4.78 is 47.0. The lowest BCUT2D eigenvalue weighted by molar-refractivity contribution is 0.0224. The van der Waals surface area contributed by atoms with Crippen LogP contribution in [0, 0.1) is 17.1 Å². The molecule has 0 radical (unpaired) electrons. The minimum atomic E-state index is -3.50. The number of aryl methyl sites for hydroxylation is 1. The van der Waals surface area contributed by atoms with E-state index >= 15 is 8.78 Å². The van der Waals surface area contributed by atoms with E-state index in [0.717, 1.165) is 10.7 Å². The van der Waals surface area contributed by atoms with Gasteiger partial charge in [-0.25, -0.2) is 14.1 Å². The number of halogens is 3. The summed E-state index contributed by atoms with van der Waals surface area (Å²) in [6.45, 7) is 2.00. The van der Waals surface area contributed by atoms with E-state index < -0.39 is 23.3 Å². The van der Waals surface area contributed by atoms with Crippen molar-refractivity contribution in [2.75, 3.05) is 0 Å². The van der Waals surface area contributed by atoms with Crippen LogP contribution in [0.15, 0.2) is 54.7 Å². The van der Waals surface area contributed by atoms with E-state index in [2.05, 4.69) is 10.1 Å². The van der Waals surface area contributed by atoms with Crippen LogP contribution >= 0.6 is 0 Å². The molecule has 0 unspecified atom stereocenters. The Labute approximate surface area is 158 Å². The number of alkyl halides is 2. The fourth-order valence-corrected chi connectivity index (χ4v) is 3.23. The number of rotatable bonds is 4. The molecular weight excluding hydrogens is 367 g/mol. The number of imidazole rings is 1. The summed E-state index contributed by atoms with van der Waals surface area (Å²) in [5.74, 6) is -4.50. The molecule has 5 nitrogen and oxygen atoms in total. The topological polar surface area (TPSA) is 59.4 Å². The predicted molar refractivity (Wildman–Crippen MR) is 96.6 cm³/mol. The van der Waals surface area contributed by atoms with Crippen LogP contribution in [0.2, 0.25) is 0 Å². The van der Waals surface area contributed by atoms with E-state index in [9.17, 15) is 4.39 Å². The van der Waals surface area contributed by atoms with Crippen LogP contribution in [0.1, 0.15) is 24.0 Å². The minimum absolute atomic E-state index is 0.186. The van der Waals surface area contributed by atoms with Crippen molar-refractivity contribution in [1.82, 2.24) is 19.3 Å². The van der Waals surface area contributed by atoms with Gasteiger partial charge in [-0.1, -0.05) is 6.07 Å². The number of nitrogens with zero attached hydrogens (tertiary/aromatic N) is 5. The highest BCUT2D eigenvalue weighted by atomic mass is 19.3. The van der Waals surface area contributed by atoms with Gasteiger partial charge in [0.1, 0.15) is 11.5 Å². The van der Waals surface area contributed by atoms with Crippen molar-refractivity contribution in [3.8, 4) is 11.8 Å². The van der Waals surface area contributed by atoms with Crippen LogP contribution < -0.4 is 0 Å². The van der Waals surface area contributed by atoms with Crippen molar-refractivity contribution in [1.29, 1.82) is 5.26 Å². The average Bonchev–Trinajstić information content (AvgIpc) is 3.32. The van der Waals surface area contributed by atoms with Crippen molar-refractivity contribution in [2.24, 2.45) is 0 Å². The van der Waals surface area contributed by atoms with Gasteiger partial charge in [0.25, 0.3) is 0 Å². The van der Waals surface area contributed by atoms with Gasteiger partial charge in [0.2, 0.25) is 0 Å². The van der Waals surface area contributed by atoms with Gasteiger partial charge in [0, 0.05) is 12.7 Å². The molecule has 140 valence electrons. The molecule has 2 aromatic carbocycles. The summed E-state index contributed by atoms with van der Waals surface area (Å²) in [6, 6.07) is 13.1. The highest BCUT2D eigenvalue weighted by molar-refractivity contribution is 5.78. The first kappa shape index (κ1) is 17.8. The Hall–Kier alpha value is -3.60. The number of hydrogen-bond donors (Lipinski definition) is 0. The maximum absolute atomic E-state index is 15.5. The second-order valence-electron chi connectivity index (χ2n) is 6.18. The molecule has 0 spiro atoms. The fourth-order valence-electron chi connectivity index (χ4n) is 3.23. The Bertz CT molecular complexity index is 1220. The molecule has 0 fully saturated rings. The van der Waals surface area contributed by atoms with Gasteiger partial charge in [-0.15, -0.1) is 0 Å². The molecule has 0 aliphatic heterocycles. The van der Waals surface area contributed by atoms with Crippen molar-refractivity contribution in [3.63, 3.8) is 0 Å². The van der Waals surface area contributed by atoms with Gasteiger partial charge in [0.05, 0.1) is 28.4 Å². The Kier molecular flexibility index (Phi) is 4.15. The van der Waals surface area contributed by atoms with Crippen LogP contribution in [0.3, 0.4) is 0 Å². The quantitative estimate of drug-likeness (QED) is 0.527. The Balaban J connectivity index is 1.91. The van der Waals surface area contributed by atoms with Gasteiger partial charge in [-0.2, -0.15) is 19.1 Å². The molecule has 4 rings (SSSR count). The van der Waals surface area contributed by atoms with E-state index in [-0.39, 0.29) is 12.2 Å². The predicted octanol–water partition coefficient (Wildman–Crippen LogP) is 4.39. The lowest BCUT2D eigenvalue weighted by atomic mass is 10.2. The summed E-state index contributed by atoms with van der Waals surface area (Å²) in [4.78, 5) is 4.12. The van der Waals surface area contributed by atoms with Crippen LogP contribution in [0.25, 0.3) is 16.7 Å². The first-order chi connectivity index (χ1) is 13.5. The number of fused-ring (bicyclic) bond motifs is 1. The maximum Gasteiger partial charge on any atom is 0.346 e. The molecule has 0 bridgehead atoms. The monoisotopic (exact) mass is 381 g/mol. The van der Waals surface area contributed by atoms with E-state index in [4.69, 9.17) is 5.26 Å². The van der Waals surface area contributed by atoms with Crippen LogP contribution in [-0.4, -0.2) is 19.3 Å². The second kappa shape index (κ2) is 6.53. The molecule has 2 heterocycles. The summed E-state index contributed by atoms with van der Waals surface area (Å²) in [6.07, 6.45) is 1.24. The fraction of sp³-hybridized carbons (Fsp3) is 0.150. The molecule has 4 aromatic rings. The SMILES string of the molecule is CCn1c(C(F)(F)c2ccnn2-c2cccc(F)c2)nc2cc(C#N)ccc21. The third-order valence-corrected chi connectivity index (χ3v) is 4.49. The van der Waals surface area contributed by atoms with Crippen molar-refractivity contribution in [3.05, 3.63) is 77.6 Å². The van der Waals surface area contributed by atoms with Crippen molar-refractivity contribution >= 4 is 11.0 Å². The normalized spacial score (nSPS) is 11.7.